The SMILES string of the molecule is COc1ccc(OC)c(C2CCCN2S(=O)(=O)c2ccc(OC)c(Br)c2)c1. The molecule has 8 heteroatoms. The van der Waals surface area contributed by atoms with E-state index in [0.717, 1.165) is 18.4 Å². The molecule has 6 nitrogen and oxygen atoms in total. The van der Waals surface area contributed by atoms with Gasteiger partial charge in [-0.2, -0.15) is 4.31 Å². The molecule has 0 spiro atoms. The van der Waals surface area contributed by atoms with Crippen molar-refractivity contribution in [3.8, 4) is 17.2 Å². The predicted octanol–water partition coefficient (Wildman–Crippen LogP) is 4.00. The molecule has 2 aromatic rings. The molecule has 0 saturated carbocycles. The monoisotopic (exact) mass is 455 g/mol. The van der Waals surface area contributed by atoms with Gasteiger partial charge in [-0.1, -0.05) is 0 Å². The molecule has 146 valence electrons. The highest BCUT2D eigenvalue weighted by molar-refractivity contribution is 9.10. The summed E-state index contributed by atoms with van der Waals surface area (Å²) in [6.07, 6.45) is 1.50. The molecular formula is C19H22BrNO5S. The molecule has 1 saturated heterocycles. The van der Waals surface area contributed by atoms with E-state index in [1.165, 1.54) is 0 Å². The average Bonchev–Trinajstić information content (AvgIpc) is 3.17. The van der Waals surface area contributed by atoms with Gasteiger partial charge in [0.1, 0.15) is 17.2 Å². The Kier molecular flexibility index (Phi) is 5.98. The topological polar surface area (TPSA) is 65.1 Å². The minimum Gasteiger partial charge on any atom is -0.497 e. The fourth-order valence-corrected chi connectivity index (χ4v) is 5.77. The van der Waals surface area contributed by atoms with Gasteiger partial charge in [-0.05, 0) is 65.2 Å². The zero-order chi connectivity index (χ0) is 19.6. The fourth-order valence-electron chi connectivity index (χ4n) is 3.38. The minimum absolute atomic E-state index is 0.226. The Morgan fingerprint density at radius 1 is 1.00 bits per heavy atom. The Morgan fingerprint density at radius 3 is 2.33 bits per heavy atom. The van der Waals surface area contributed by atoms with Gasteiger partial charge in [0.15, 0.2) is 0 Å². The molecule has 0 amide bonds. The van der Waals surface area contributed by atoms with E-state index in [4.69, 9.17) is 14.2 Å². The summed E-state index contributed by atoms with van der Waals surface area (Å²) < 4.78 is 44.8. The Bertz CT molecular complexity index is 932. The van der Waals surface area contributed by atoms with Gasteiger partial charge in [-0.3, -0.25) is 0 Å². The van der Waals surface area contributed by atoms with E-state index in [1.54, 1.807) is 56.0 Å². The Labute approximate surface area is 168 Å². The number of methoxy groups -OCH3 is 3. The molecule has 0 aromatic heterocycles. The summed E-state index contributed by atoms with van der Waals surface area (Å²) in [5.74, 6) is 1.91. The van der Waals surface area contributed by atoms with Crippen LogP contribution in [0.3, 0.4) is 0 Å². The van der Waals surface area contributed by atoms with Gasteiger partial charge in [0.2, 0.25) is 10.0 Å². The minimum atomic E-state index is -3.68. The summed E-state index contributed by atoms with van der Waals surface area (Å²) in [5, 5.41) is 0. The third-order valence-electron chi connectivity index (χ3n) is 4.73. The van der Waals surface area contributed by atoms with Crippen LogP contribution in [-0.4, -0.2) is 40.6 Å². The molecule has 1 atom stereocenters. The van der Waals surface area contributed by atoms with Crippen molar-refractivity contribution in [3.05, 3.63) is 46.4 Å². The first-order chi connectivity index (χ1) is 12.9. The first-order valence-electron chi connectivity index (χ1n) is 8.49. The van der Waals surface area contributed by atoms with Gasteiger partial charge in [0.25, 0.3) is 0 Å². The van der Waals surface area contributed by atoms with E-state index < -0.39 is 10.0 Å². The van der Waals surface area contributed by atoms with Crippen molar-refractivity contribution in [1.29, 1.82) is 0 Å². The second kappa shape index (κ2) is 8.08. The van der Waals surface area contributed by atoms with E-state index in [0.29, 0.717) is 28.3 Å². The molecule has 0 bridgehead atoms. The molecule has 0 aliphatic carbocycles. The molecule has 2 aromatic carbocycles. The summed E-state index contributed by atoms with van der Waals surface area (Å²) in [7, 11) is 1.03. The maximum Gasteiger partial charge on any atom is 0.243 e. The number of hydrogen-bond donors (Lipinski definition) is 0. The summed E-state index contributed by atoms with van der Waals surface area (Å²) in [6.45, 7) is 0.455. The van der Waals surface area contributed by atoms with Gasteiger partial charge >= 0.3 is 0 Å². The first kappa shape index (κ1) is 20.0. The smallest absolute Gasteiger partial charge is 0.243 e. The standard InChI is InChI=1S/C19H22BrNO5S/c1-24-13-6-8-18(25-2)15(11-13)17-5-4-10-21(17)27(22,23)14-7-9-19(26-3)16(20)12-14/h6-9,11-12,17H,4-5,10H2,1-3H3. The molecule has 27 heavy (non-hydrogen) atoms. The van der Waals surface area contributed by atoms with Crippen molar-refractivity contribution in [3.63, 3.8) is 0 Å². The maximum absolute atomic E-state index is 13.3. The van der Waals surface area contributed by atoms with Crippen LogP contribution < -0.4 is 14.2 Å². The number of benzene rings is 2. The van der Waals surface area contributed by atoms with E-state index in [1.807, 2.05) is 6.07 Å². The summed E-state index contributed by atoms with van der Waals surface area (Å²) in [5.41, 5.74) is 0.811. The number of halogens is 1. The molecule has 0 N–H and O–H groups in total. The van der Waals surface area contributed by atoms with Crippen LogP contribution in [0, 0.1) is 0 Å². The Balaban J connectivity index is 2.02. The molecule has 1 aliphatic heterocycles. The van der Waals surface area contributed by atoms with Gasteiger partial charge in [-0.25, -0.2) is 8.42 Å². The fraction of sp³-hybridized carbons (Fsp3) is 0.368. The van der Waals surface area contributed by atoms with Crippen LogP contribution >= 0.6 is 15.9 Å². The van der Waals surface area contributed by atoms with Crippen LogP contribution in [0.1, 0.15) is 24.4 Å². The lowest BCUT2D eigenvalue weighted by Gasteiger charge is -2.26. The van der Waals surface area contributed by atoms with Crippen LogP contribution in [-0.2, 0) is 10.0 Å². The third-order valence-corrected chi connectivity index (χ3v) is 7.25. The Morgan fingerprint density at radius 2 is 1.70 bits per heavy atom. The van der Waals surface area contributed by atoms with Crippen molar-refractivity contribution in [2.45, 2.75) is 23.8 Å². The number of nitrogens with zero attached hydrogens (tertiary/aromatic N) is 1. The van der Waals surface area contributed by atoms with Crippen LogP contribution in [0.15, 0.2) is 45.8 Å². The highest BCUT2D eigenvalue weighted by Crippen LogP contribution is 2.42. The van der Waals surface area contributed by atoms with Crippen LogP contribution in [0.25, 0.3) is 0 Å². The van der Waals surface area contributed by atoms with E-state index in [2.05, 4.69) is 15.9 Å². The molecule has 1 fully saturated rings. The van der Waals surface area contributed by atoms with Crippen LogP contribution in [0.4, 0.5) is 0 Å². The van der Waals surface area contributed by atoms with E-state index >= 15 is 0 Å². The molecular weight excluding hydrogens is 434 g/mol. The van der Waals surface area contributed by atoms with Crippen LogP contribution in [0.2, 0.25) is 0 Å². The van der Waals surface area contributed by atoms with Gasteiger partial charge < -0.3 is 14.2 Å². The molecule has 1 aliphatic rings. The lowest BCUT2D eigenvalue weighted by Crippen LogP contribution is -2.31. The van der Waals surface area contributed by atoms with Crippen molar-refractivity contribution in [1.82, 2.24) is 4.31 Å². The van der Waals surface area contributed by atoms with E-state index in [-0.39, 0.29) is 10.9 Å². The van der Waals surface area contributed by atoms with Crippen molar-refractivity contribution in [2.24, 2.45) is 0 Å². The number of rotatable bonds is 6. The number of sulfonamides is 1. The lowest BCUT2D eigenvalue weighted by molar-refractivity contribution is 0.361. The quantitative estimate of drug-likeness (QED) is 0.658. The summed E-state index contributed by atoms with van der Waals surface area (Å²) in [6, 6.07) is 9.94. The van der Waals surface area contributed by atoms with Gasteiger partial charge in [-0.15, -0.1) is 0 Å². The zero-order valence-electron chi connectivity index (χ0n) is 15.4. The third kappa shape index (κ3) is 3.79. The van der Waals surface area contributed by atoms with Crippen molar-refractivity contribution >= 4 is 26.0 Å². The average molecular weight is 456 g/mol. The molecule has 1 heterocycles. The highest BCUT2D eigenvalue weighted by Gasteiger charge is 2.38. The van der Waals surface area contributed by atoms with Crippen molar-refractivity contribution in [2.75, 3.05) is 27.9 Å². The Hall–Kier alpha value is -1.77. The molecule has 3 rings (SSSR count). The first-order valence-corrected chi connectivity index (χ1v) is 10.7. The van der Waals surface area contributed by atoms with E-state index in [9.17, 15) is 8.42 Å². The normalized spacial score (nSPS) is 17.7. The number of ether oxygens (including phenoxy) is 3. The van der Waals surface area contributed by atoms with Gasteiger partial charge in [0.05, 0.1) is 36.7 Å². The predicted molar refractivity (Wildman–Crippen MR) is 106 cm³/mol. The summed E-state index contributed by atoms with van der Waals surface area (Å²) >= 11 is 3.37. The number of hydrogen-bond acceptors (Lipinski definition) is 5. The molecule has 1 unspecified atom stereocenters. The summed E-state index contributed by atoms with van der Waals surface area (Å²) in [4.78, 5) is 0.226. The van der Waals surface area contributed by atoms with Crippen LogP contribution in [0.5, 0.6) is 17.2 Å². The maximum atomic E-state index is 13.3. The second-order valence-electron chi connectivity index (χ2n) is 6.18. The zero-order valence-corrected chi connectivity index (χ0v) is 17.8. The molecule has 0 radical (unpaired) electrons. The van der Waals surface area contributed by atoms with Gasteiger partial charge in [0, 0.05) is 12.1 Å². The lowest BCUT2D eigenvalue weighted by atomic mass is 10.0. The largest absolute Gasteiger partial charge is 0.497 e. The second-order valence-corrected chi connectivity index (χ2v) is 8.92. The van der Waals surface area contributed by atoms with Crippen molar-refractivity contribution < 1.29 is 22.6 Å². The highest BCUT2D eigenvalue weighted by atomic mass is 79.9.